The van der Waals surface area contributed by atoms with Crippen LogP contribution in [0.3, 0.4) is 0 Å². The van der Waals surface area contributed by atoms with Gasteiger partial charge < -0.3 is 10.6 Å². The Kier molecular flexibility index (Phi) is 7.60. The van der Waals surface area contributed by atoms with E-state index in [4.69, 9.17) is 4.99 Å². The Morgan fingerprint density at radius 1 is 1.12 bits per heavy atom. The van der Waals surface area contributed by atoms with Crippen LogP contribution < -0.4 is 10.6 Å². The van der Waals surface area contributed by atoms with E-state index in [1.165, 1.54) is 56.2 Å². The van der Waals surface area contributed by atoms with Crippen LogP contribution in [-0.4, -0.2) is 28.8 Å². The molecule has 0 unspecified atom stereocenters. The molecule has 5 nitrogen and oxygen atoms in total. The van der Waals surface area contributed by atoms with Crippen LogP contribution in [0.25, 0.3) is 0 Å². The van der Waals surface area contributed by atoms with E-state index in [0.717, 1.165) is 30.7 Å². The van der Waals surface area contributed by atoms with E-state index in [2.05, 4.69) is 36.5 Å². The molecular weight excluding hydrogens is 298 g/mol. The van der Waals surface area contributed by atoms with Crippen molar-refractivity contribution in [2.75, 3.05) is 13.1 Å². The van der Waals surface area contributed by atoms with E-state index in [-0.39, 0.29) is 0 Å². The first-order chi connectivity index (χ1) is 11.6. The third-order valence-corrected chi connectivity index (χ3v) is 5.18. The molecule has 0 aliphatic heterocycles. The van der Waals surface area contributed by atoms with Gasteiger partial charge in [-0.2, -0.15) is 5.10 Å². The molecule has 0 saturated heterocycles. The van der Waals surface area contributed by atoms with Gasteiger partial charge in [0.1, 0.15) is 0 Å². The molecule has 1 fully saturated rings. The third-order valence-electron chi connectivity index (χ3n) is 5.18. The van der Waals surface area contributed by atoms with Crippen molar-refractivity contribution in [2.24, 2.45) is 18.0 Å². The Morgan fingerprint density at radius 3 is 2.38 bits per heavy atom. The van der Waals surface area contributed by atoms with Crippen molar-refractivity contribution < 1.29 is 0 Å². The number of nitrogens with one attached hydrogen (secondary N) is 2. The second kappa shape index (κ2) is 9.70. The largest absolute Gasteiger partial charge is 0.357 e. The van der Waals surface area contributed by atoms with E-state index < -0.39 is 0 Å². The zero-order valence-electron chi connectivity index (χ0n) is 16.0. The fraction of sp³-hybridized carbons (Fsp3) is 0.789. The van der Waals surface area contributed by atoms with E-state index in [1.807, 2.05) is 11.7 Å². The molecule has 0 spiro atoms. The van der Waals surface area contributed by atoms with Crippen LogP contribution in [0.5, 0.6) is 0 Å². The zero-order valence-corrected chi connectivity index (χ0v) is 16.0. The van der Waals surface area contributed by atoms with E-state index >= 15 is 0 Å². The molecule has 0 radical (unpaired) electrons. The van der Waals surface area contributed by atoms with Crippen molar-refractivity contribution >= 4 is 5.96 Å². The Hall–Kier alpha value is -1.52. The molecular formula is C19H35N5. The van der Waals surface area contributed by atoms with Gasteiger partial charge >= 0.3 is 0 Å². The van der Waals surface area contributed by atoms with Crippen molar-refractivity contribution in [1.29, 1.82) is 0 Å². The van der Waals surface area contributed by atoms with Crippen molar-refractivity contribution in [3.63, 3.8) is 0 Å². The van der Waals surface area contributed by atoms with Crippen LogP contribution in [0.2, 0.25) is 0 Å². The monoisotopic (exact) mass is 333 g/mol. The molecule has 5 heteroatoms. The predicted octanol–water partition coefficient (Wildman–Crippen LogP) is 3.45. The number of aromatic nitrogens is 2. The molecule has 1 aliphatic rings. The fourth-order valence-corrected chi connectivity index (χ4v) is 3.53. The number of rotatable bonds is 5. The molecule has 2 rings (SSSR count). The van der Waals surface area contributed by atoms with Gasteiger partial charge in [-0.1, -0.05) is 32.1 Å². The lowest BCUT2D eigenvalue weighted by Gasteiger charge is -2.21. The third kappa shape index (κ3) is 5.53. The maximum absolute atomic E-state index is 4.79. The van der Waals surface area contributed by atoms with Gasteiger partial charge in [-0.25, -0.2) is 4.99 Å². The van der Waals surface area contributed by atoms with Gasteiger partial charge in [-0.05, 0) is 39.5 Å². The van der Waals surface area contributed by atoms with Crippen LogP contribution in [0, 0.1) is 19.8 Å². The smallest absolute Gasteiger partial charge is 0.191 e. The first-order valence-corrected chi connectivity index (χ1v) is 9.63. The Balaban J connectivity index is 1.92. The van der Waals surface area contributed by atoms with E-state index in [0.29, 0.717) is 6.54 Å². The summed E-state index contributed by atoms with van der Waals surface area (Å²) in [6.07, 6.45) is 9.71. The number of aliphatic imine (C=N–C) groups is 1. The summed E-state index contributed by atoms with van der Waals surface area (Å²) in [6, 6.07) is 0. The zero-order chi connectivity index (χ0) is 17.4. The second-order valence-corrected chi connectivity index (χ2v) is 7.06. The minimum atomic E-state index is 0.686. The summed E-state index contributed by atoms with van der Waals surface area (Å²) >= 11 is 0. The van der Waals surface area contributed by atoms with Gasteiger partial charge in [-0.15, -0.1) is 0 Å². The standard InChI is InChI=1S/C19H35N5/c1-5-20-19(21-13-17-11-9-7-6-8-10-12-17)22-14-18-15(2)23-24(4)16(18)3/h17H,5-14H2,1-4H3,(H2,20,21,22). The van der Waals surface area contributed by atoms with Gasteiger partial charge in [-0.3, -0.25) is 4.68 Å². The highest BCUT2D eigenvalue weighted by Crippen LogP contribution is 2.21. The molecule has 136 valence electrons. The van der Waals surface area contributed by atoms with Crippen LogP contribution >= 0.6 is 0 Å². The number of aryl methyl sites for hydroxylation is 2. The SMILES string of the molecule is CCNC(=NCc1c(C)nn(C)c1C)NCC1CCCCCCC1. The number of nitrogens with zero attached hydrogens (tertiary/aromatic N) is 3. The molecule has 1 heterocycles. The number of hydrogen-bond donors (Lipinski definition) is 2. The fourth-order valence-electron chi connectivity index (χ4n) is 3.53. The maximum Gasteiger partial charge on any atom is 0.191 e. The average molecular weight is 334 g/mol. The van der Waals surface area contributed by atoms with Gasteiger partial charge in [0.25, 0.3) is 0 Å². The second-order valence-electron chi connectivity index (χ2n) is 7.06. The summed E-state index contributed by atoms with van der Waals surface area (Å²) in [5, 5.41) is 11.4. The first kappa shape index (κ1) is 18.8. The Morgan fingerprint density at radius 2 is 1.79 bits per heavy atom. The average Bonchev–Trinajstić information content (AvgIpc) is 2.76. The highest BCUT2D eigenvalue weighted by atomic mass is 15.3. The molecule has 1 aliphatic carbocycles. The van der Waals surface area contributed by atoms with Crippen LogP contribution in [0.15, 0.2) is 4.99 Å². The minimum absolute atomic E-state index is 0.686. The van der Waals surface area contributed by atoms with E-state index in [1.54, 1.807) is 0 Å². The minimum Gasteiger partial charge on any atom is -0.357 e. The van der Waals surface area contributed by atoms with Gasteiger partial charge in [0.05, 0.1) is 12.2 Å². The van der Waals surface area contributed by atoms with Gasteiger partial charge in [0.15, 0.2) is 5.96 Å². The molecule has 1 saturated carbocycles. The lowest BCUT2D eigenvalue weighted by atomic mass is 9.91. The van der Waals surface area contributed by atoms with Crippen molar-refractivity contribution in [3.05, 3.63) is 17.0 Å². The summed E-state index contributed by atoms with van der Waals surface area (Å²) in [6.45, 7) is 8.91. The van der Waals surface area contributed by atoms with Crippen molar-refractivity contribution in [1.82, 2.24) is 20.4 Å². The summed E-state index contributed by atoms with van der Waals surface area (Å²) in [5.74, 6) is 1.72. The van der Waals surface area contributed by atoms with Crippen molar-refractivity contribution in [2.45, 2.75) is 72.3 Å². The molecule has 0 bridgehead atoms. The van der Waals surface area contributed by atoms with E-state index in [9.17, 15) is 0 Å². The van der Waals surface area contributed by atoms with Crippen molar-refractivity contribution in [3.8, 4) is 0 Å². The summed E-state index contributed by atoms with van der Waals surface area (Å²) in [4.78, 5) is 4.79. The highest BCUT2D eigenvalue weighted by Gasteiger charge is 2.13. The lowest BCUT2D eigenvalue weighted by molar-refractivity contribution is 0.375. The molecule has 0 atom stereocenters. The first-order valence-electron chi connectivity index (χ1n) is 9.63. The molecule has 0 amide bonds. The quantitative estimate of drug-likeness (QED) is 0.641. The van der Waals surface area contributed by atoms with Crippen LogP contribution in [-0.2, 0) is 13.6 Å². The molecule has 24 heavy (non-hydrogen) atoms. The molecule has 0 aromatic carbocycles. The normalized spacial score (nSPS) is 17.4. The van der Waals surface area contributed by atoms with Gasteiger partial charge in [0, 0.05) is 31.4 Å². The molecule has 2 N–H and O–H groups in total. The van der Waals surface area contributed by atoms with Gasteiger partial charge in [0.2, 0.25) is 0 Å². The topological polar surface area (TPSA) is 54.2 Å². The van der Waals surface area contributed by atoms with Crippen LogP contribution in [0.4, 0.5) is 0 Å². The summed E-state index contributed by atoms with van der Waals surface area (Å²) in [7, 11) is 1.99. The summed E-state index contributed by atoms with van der Waals surface area (Å²) < 4.78 is 1.94. The maximum atomic E-state index is 4.79. The summed E-state index contributed by atoms with van der Waals surface area (Å²) in [5.41, 5.74) is 3.52. The highest BCUT2D eigenvalue weighted by molar-refractivity contribution is 5.79. The van der Waals surface area contributed by atoms with Crippen LogP contribution in [0.1, 0.15) is 68.8 Å². The number of guanidine groups is 1. The molecule has 1 aromatic rings. The number of hydrogen-bond acceptors (Lipinski definition) is 2. The lowest BCUT2D eigenvalue weighted by Crippen LogP contribution is -2.40. The predicted molar refractivity (Wildman–Crippen MR) is 101 cm³/mol. The Labute approximate surface area is 147 Å². The Bertz CT molecular complexity index is 524. The molecule has 1 aromatic heterocycles.